The van der Waals surface area contributed by atoms with E-state index < -0.39 is 0 Å². The molecule has 3 nitrogen and oxygen atoms in total. The van der Waals surface area contributed by atoms with Gasteiger partial charge in [-0.1, -0.05) is 13.3 Å². The first-order chi connectivity index (χ1) is 6.74. The average Bonchev–Trinajstić information content (AvgIpc) is 2.76. The maximum atomic E-state index is 11.9. The molecule has 14 heavy (non-hydrogen) atoms. The number of rotatable bonds is 2. The minimum atomic E-state index is -0.269. The number of carbonyl (C=O) groups excluding carboxylic acids is 1. The van der Waals surface area contributed by atoms with Gasteiger partial charge in [0.15, 0.2) is 0 Å². The SMILES string of the molecule is CC[C@@H](N)C(=O)N1CCC2CCCC21. The van der Waals surface area contributed by atoms with Crippen LogP contribution in [0.2, 0.25) is 0 Å². The van der Waals surface area contributed by atoms with Crippen molar-refractivity contribution in [2.75, 3.05) is 6.54 Å². The predicted octanol–water partition coefficient (Wildman–Crippen LogP) is 1.12. The number of likely N-dealkylation sites (tertiary alicyclic amines) is 1. The largest absolute Gasteiger partial charge is 0.338 e. The average molecular weight is 196 g/mol. The molecule has 1 saturated heterocycles. The van der Waals surface area contributed by atoms with Crippen LogP contribution in [0.1, 0.15) is 39.0 Å². The van der Waals surface area contributed by atoms with Gasteiger partial charge in [-0.2, -0.15) is 0 Å². The molecule has 1 aliphatic carbocycles. The Morgan fingerprint density at radius 3 is 3.00 bits per heavy atom. The highest BCUT2D eigenvalue weighted by Gasteiger charge is 2.40. The van der Waals surface area contributed by atoms with E-state index in [2.05, 4.69) is 0 Å². The Balaban J connectivity index is 2.01. The third-order valence-electron chi connectivity index (χ3n) is 3.80. The van der Waals surface area contributed by atoms with Gasteiger partial charge in [-0.05, 0) is 31.6 Å². The lowest BCUT2D eigenvalue weighted by Crippen LogP contribution is -2.45. The fraction of sp³-hybridized carbons (Fsp3) is 0.909. The summed E-state index contributed by atoms with van der Waals surface area (Å²) in [7, 11) is 0. The van der Waals surface area contributed by atoms with Crippen molar-refractivity contribution in [1.29, 1.82) is 0 Å². The minimum absolute atomic E-state index is 0.182. The number of carbonyl (C=O) groups is 1. The Labute approximate surface area is 85.6 Å². The molecule has 80 valence electrons. The minimum Gasteiger partial charge on any atom is -0.338 e. The third-order valence-corrected chi connectivity index (χ3v) is 3.80. The highest BCUT2D eigenvalue weighted by Crippen LogP contribution is 2.37. The molecule has 0 bridgehead atoms. The molecule has 1 heterocycles. The molecule has 0 aromatic rings. The zero-order chi connectivity index (χ0) is 10.1. The van der Waals surface area contributed by atoms with E-state index in [0.29, 0.717) is 6.04 Å². The monoisotopic (exact) mass is 196 g/mol. The predicted molar refractivity (Wildman–Crippen MR) is 55.7 cm³/mol. The number of hydrogen-bond acceptors (Lipinski definition) is 2. The summed E-state index contributed by atoms with van der Waals surface area (Å²) in [5.74, 6) is 0.963. The molecule has 0 radical (unpaired) electrons. The van der Waals surface area contributed by atoms with E-state index in [1.165, 1.54) is 25.7 Å². The lowest BCUT2D eigenvalue weighted by molar-refractivity contribution is -0.133. The van der Waals surface area contributed by atoms with Crippen molar-refractivity contribution in [3.63, 3.8) is 0 Å². The Kier molecular flexibility index (Phi) is 2.77. The highest BCUT2D eigenvalue weighted by molar-refractivity contribution is 5.82. The number of hydrogen-bond donors (Lipinski definition) is 1. The van der Waals surface area contributed by atoms with Crippen molar-refractivity contribution in [1.82, 2.24) is 4.90 Å². The quantitative estimate of drug-likeness (QED) is 0.719. The number of nitrogens with zero attached hydrogens (tertiary/aromatic N) is 1. The van der Waals surface area contributed by atoms with E-state index in [0.717, 1.165) is 18.9 Å². The molecule has 1 saturated carbocycles. The lowest BCUT2D eigenvalue weighted by atomic mass is 10.0. The van der Waals surface area contributed by atoms with Crippen LogP contribution in [-0.4, -0.2) is 29.4 Å². The first kappa shape index (κ1) is 9.97. The van der Waals surface area contributed by atoms with Crippen LogP contribution >= 0.6 is 0 Å². The van der Waals surface area contributed by atoms with Crippen molar-refractivity contribution in [2.45, 2.75) is 51.1 Å². The molecule has 0 aromatic heterocycles. The summed E-state index contributed by atoms with van der Waals surface area (Å²) in [5, 5.41) is 0. The lowest BCUT2D eigenvalue weighted by Gasteiger charge is -2.26. The molecule has 2 N–H and O–H groups in total. The first-order valence-electron chi connectivity index (χ1n) is 5.80. The number of nitrogens with two attached hydrogens (primary N) is 1. The van der Waals surface area contributed by atoms with E-state index in [1.807, 2.05) is 11.8 Å². The van der Waals surface area contributed by atoms with Gasteiger partial charge in [0.2, 0.25) is 5.91 Å². The van der Waals surface area contributed by atoms with Gasteiger partial charge in [0.05, 0.1) is 6.04 Å². The molecule has 3 atom stereocenters. The number of amides is 1. The topological polar surface area (TPSA) is 46.3 Å². The van der Waals surface area contributed by atoms with Gasteiger partial charge in [0.1, 0.15) is 0 Å². The highest BCUT2D eigenvalue weighted by atomic mass is 16.2. The summed E-state index contributed by atoms with van der Waals surface area (Å²) in [6.07, 6.45) is 5.77. The normalized spacial score (nSPS) is 33.1. The third kappa shape index (κ3) is 1.54. The van der Waals surface area contributed by atoms with E-state index in [4.69, 9.17) is 5.73 Å². The Hall–Kier alpha value is -0.570. The zero-order valence-corrected chi connectivity index (χ0v) is 8.91. The van der Waals surface area contributed by atoms with Crippen LogP contribution in [-0.2, 0) is 4.79 Å². The molecule has 1 aliphatic heterocycles. The number of fused-ring (bicyclic) bond motifs is 1. The fourth-order valence-electron chi connectivity index (χ4n) is 2.90. The van der Waals surface area contributed by atoms with E-state index >= 15 is 0 Å². The summed E-state index contributed by atoms with van der Waals surface area (Å²) in [5.41, 5.74) is 5.79. The van der Waals surface area contributed by atoms with Crippen molar-refractivity contribution in [2.24, 2.45) is 11.7 Å². The van der Waals surface area contributed by atoms with Gasteiger partial charge in [-0.25, -0.2) is 0 Å². The molecular formula is C11H20N2O. The van der Waals surface area contributed by atoms with Crippen molar-refractivity contribution < 1.29 is 4.79 Å². The van der Waals surface area contributed by atoms with Crippen LogP contribution in [0.15, 0.2) is 0 Å². The molecular weight excluding hydrogens is 176 g/mol. The van der Waals surface area contributed by atoms with Crippen LogP contribution < -0.4 is 5.73 Å². The molecule has 0 spiro atoms. The van der Waals surface area contributed by atoms with E-state index in [9.17, 15) is 4.79 Å². The van der Waals surface area contributed by atoms with Crippen LogP contribution in [0.5, 0.6) is 0 Å². The van der Waals surface area contributed by atoms with Gasteiger partial charge in [-0.3, -0.25) is 4.79 Å². The maximum Gasteiger partial charge on any atom is 0.239 e. The fourth-order valence-corrected chi connectivity index (χ4v) is 2.90. The van der Waals surface area contributed by atoms with E-state index in [-0.39, 0.29) is 11.9 Å². The molecule has 1 amide bonds. The van der Waals surface area contributed by atoms with Crippen LogP contribution in [0.3, 0.4) is 0 Å². The standard InChI is InChI=1S/C11H20N2O/c1-2-9(12)11(14)13-7-6-8-4-3-5-10(8)13/h8-10H,2-7,12H2,1H3/t8?,9-,10?/m1/s1. The Morgan fingerprint density at radius 2 is 2.29 bits per heavy atom. The second-order valence-electron chi connectivity index (χ2n) is 4.59. The summed E-state index contributed by atoms with van der Waals surface area (Å²) >= 11 is 0. The second kappa shape index (κ2) is 3.89. The maximum absolute atomic E-state index is 11.9. The second-order valence-corrected chi connectivity index (χ2v) is 4.59. The van der Waals surface area contributed by atoms with Gasteiger partial charge in [-0.15, -0.1) is 0 Å². The zero-order valence-electron chi connectivity index (χ0n) is 8.91. The summed E-state index contributed by atoms with van der Waals surface area (Å²) in [6.45, 7) is 2.92. The van der Waals surface area contributed by atoms with Crippen LogP contribution in [0, 0.1) is 5.92 Å². The summed E-state index contributed by atoms with van der Waals surface area (Å²) in [6, 6.07) is 0.259. The van der Waals surface area contributed by atoms with Crippen molar-refractivity contribution >= 4 is 5.91 Å². The first-order valence-corrected chi connectivity index (χ1v) is 5.80. The summed E-state index contributed by atoms with van der Waals surface area (Å²) in [4.78, 5) is 14.0. The molecule has 2 aliphatic rings. The Morgan fingerprint density at radius 1 is 1.50 bits per heavy atom. The van der Waals surface area contributed by atoms with Gasteiger partial charge >= 0.3 is 0 Å². The molecule has 2 unspecified atom stereocenters. The summed E-state index contributed by atoms with van der Waals surface area (Å²) < 4.78 is 0. The Bertz CT molecular complexity index is 229. The molecule has 2 fully saturated rings. The van der Waals surface area contributed by atoms with Crippen LogP contribution in [0.4, 0.5) is 0 Å². The van der Waals surface area contributed by atoms with Gasteiger partial charge < -0.3 is 10.6 Å². The molecule has 2 rings (SSSR count). The van der Waals surface area contributed by atoms with Gasteiger partial charge in [0.25, 0.3) is 0 Å². The van der Waals surface area contributed by atoms with Gasteiger partial charge in [0, 0.05) is 12.6 Å². The smallest absolute Gasteiger partial charge is 0.239 e. The molecule has 3 heteroatoms. The van der Waals surface area contributed by atoms with Crippen molar-refractivity contribution in [3.8, 4) is 0 Å². The van der Waals surface area contributed by atoms with Crippen LogP contribution in [0.25, 0.3) is 0 Å². The molecule has 0 aromatic carbocycles. The van der Waals surface area contributed by atoms with E-state index in [1.54, 1.807) is 0 Å². The van der Waals surface area contributed by atoms with Crippen molar-refractivity contribution in [3.05, 3.63) is 0 Å².